The van der Waals surface area contributed by atoms with E-state index in [4.69, 9.17) is 10.5 Å². The lowest BCUT2D eigenvalue weighted by molar-refractivity contribution is -0.141. The lowest BCUT2D eigenvalue weighted by atomic mass is 10.2. The predicted molar refractivity (Wildman–Crippen MR) is 90.6 cm³/mol. The van der Waals surface area contributed by atoms with Gasteiger partial charge in [0.05, 0.1) is 17.2 Å². The molecule has 2 heterocycles. The smallest absolute Gasteiger partial charge is 0.343 e. The Kier molecular flexibility index (Phi) is 5.49. The van der Waals surface area contributed by atoms with Crippen LogP contribution in [-0.4, -0.2) is 59.8 Å². The standard InChI is InChI=1S/C14H21N3O5S2/c1-4-17(10-5-6-24(20,21)7-10)13(18)9(3)22-14(19)11-8(2)16-23-12(11)15/h9-10H,4-7,15H2,1-3H3/t9-,10+/m1/s1. The Morgan fingerprint density at radius 1 is 1.50 bits per heavy atom. The fourth-order valence-corrected chi connectivity index (χ4v) is 5.13. The second-order valence-corrected chi connectivity index (χ2v) is 8.77. The van der Waals surface area contributed by atoms with E-state index in [9.17, 15) is 18.0 Å². The Bertz CT molecular complexity index is 724. The molecule has 0 aliphatic carbocycles. The van der Waals surface area contributed by atoms with Crippen LogP contribution in [0.25, 0.3) is 0 Å². The van der Waals surface area contributed by atoms with Crippen LogP contribution in [0.1, 0.15) is 36.3 Å². The lowest BCUT2D eigenvalue weighted by Crippen LogP contribution is -2.46. The van der Waals surface area contributed by atoms with Crippen molar-refractivity contribution in [1.29, 1.82) is 0 Å². The number of sulfone groups is 1. The Balaban J connectivity index is 2.06. The Labute approximate surface area is 145 Å². The van der Waals surface area contributed by atoms with Gasteiger partial charge in [0.25, 0.3) is 5.91 Å². The third kappa shape index (κ3) is 3.86. The Hall–Kier alpha value is -1.68. The normalized spacial score (nSPS) is 20.5. The highest BCUT2D eigenvalue weighted by Gasteiger charge is 2.36. The molecule has 0 bridgehead atoms. The molecule has 8 nitrogen and oxygen atoms in total. The van der Waals surface area contributed by atoms with Crippen molar-refractivity contribution in [3.05, 3.63) is 11.3 Å². The minimum absolute atomic E-state index is 0.0479. The van der Waals surface area contributed by atoms with Crippen LogP contribution in [-0.2, 0) is 19.4 Å². The molecule has 1 amide bonds. The van der Waals surface area contributed by atoms with Crippen LogP contribution in [0, 0.1) is 6.92 Å². The zero-order valence-corrected chi connectivity index (χ0v) is 15.4. The largest absolute Gasteiger partial charge is 0.449 e. The summed E-state index contributed by atoms with van der Waals surface area (Å²) in [7, 11) is -3.10. The van der Waals surface area contributed by atoms with Gasteiger partial charge < -0.3 is 15.4 Å². The van der Waals surface area contributed by atoms with Gasteiger partial charge in [-0.25, -0.2) is 13.2 Å². The third-order valence-corrected chi connectivity index (χ3v) is 6.51. The molecule has 1 saturated heterocycles. The zero-order chi connectivity index (χ0) is 18.1. The summed E-state index contributed by atoms with van der Waals surface area (Å²) in [5, 5.41) is 0.242. The molecule has 10 heteroatoms. The molecule has 1 aliphatic heterocycles. The van der Waals surface area contributed by atoms with Gasteiger partial charge in [0.1, 0.15) is 10.6 Å². The lowest BCUT2D eigenvalue weighted by Gasteiger charge is -2.29. The van der Waals surface area contributed by atoms with Crippen LogP contribution in [0.15, 0.2) is 0 Å². The molecule has 0 aromatic carbocycles. The van der Waals surface area contributed by atoms with E-state index in [1.807, 2.05) is 0 Å². The number of carbonyl (C=O) groups is 2. The molecular formula is C14H21N3O5S2. The first-order chi connectivity index (χ1) is 11.2. The highest BCUT2D eigenvalue weighted by Crippen LogP contribution is 2.23. The van der Waals surface area contributed by atoms with Crippen molar-refractivity contribution in [2.45, 2.75) is 39.3 Å². The van der Waals surface area contributed by atoms with Crippen LogP contribution in [0.4, 0.5) is 5.00 Å². The quantitative estimate of drug-likeness (QED) is 0.749. The van der Waals surface area contributed by atoms with E-state index in [1.54, 1.807) is 13.8 Å². The molecular weight excluding hydrogens is 354 g/mol. The van der Waals surface area contributed by atoms with Gasteiger partial charge >= 0.3 is 5.97 Å². The number of carbonyl (C=O) groups excluding carboxylic acids is 2. The molecule has 134 valence electrons. The van der Waals surface area contributed by atoms with Crippen molar-refractivity contribution in [2.75, 3.05) is 23.8 Å². The molecule has 0 unspecified atom stereocenters. The highest BCUT2D eigenvalue weighted by molar-refractivity contribution is 7.91. The third-order valence-electron chi connectivity index (χ3n) is 4.00. The topological polar surface area (TPSA) is 120 Å². The van der Waals surface area contributed by atoms with E-state index in [-0.39, 0.29) is 28.1 Å². The van der Waals surface area contributed by atoms with Crippen LogP contribution in [0.2, 0.25) is 0 Å². The number of ether oxygens (including phenoxy) is 1. The van der Waals surface area contributed by atoms with Crippen molar-refractivity contribution in [3.63, 3.8) is 0 Å². The second-order valence-electron chi connectivity index (χ2n) is 5.74. The van der Waals surface area contributed by atoms with Crippen molar-refractivity contribution >= 4 is 38.2 Å². The average molecular weight is 375 g/mol. The number of hydrogen-bond acceptors (Lipinski definition) is 8. The SMILES string of the molecule is CCN(C(=O)[C@@H](C)OC(=O)c1c(C)nsc1N)[C@H]1CCS(=O)(=O)C1. The molecule has 1 fully saturated rings. The van der Waals surface area contributed by atoms with E-state index in [2.05, 4.69) is 4.37 Å². The summed E-state index contributed by atoms with van der Waals surface area (Å²) in [6, 6.07) is -0.372. The number of nitrogens with zero attached hydrogens (tertiary/aromatic N) is 2. The summed E-state index contributed by atoms with van der Waals surface area (Å²) in [4.78, 5) is 26.2. The maximum Gasteiger partial charge on any atom is 0.343 e. The van der Waals surface area contributed by atoms with Crippen molar-refractivity contribution in [2.24, 2.45) is 0 Å². The number of aromatic nitrogens is 1. The predicted octanol–water partition coefficient (Wildman–Crippen LogP) is 0.615. The fourth-order valence-electron chi connectivity index (χ4n) is 2.75. The number of nitrogens with two attached hydrogens (primary N) is 1. The molecule has 0 spiro atoms. The average Bonchev–Trinajstić information content (AvgIpc) is 3.01. The molecule has 2 N–H and O–H groups in total. The monoisotopic (exact) mass is 375 g/mol. The first kappa shape index (κ1) is 18.7. The van der Waals surface area contributed by atoms with Crippen molar-refractivity contribution < 1.29 is 22.7 Å². The minimum atomic E-state index is -3.10. The van der Waals surface area contributed by atoms with Gasteiger partial charge in [-0.3, -0.25) is 4.79 Å². The first-order valence-electron chi connectivity index (χ1n) is 7.60. The Morgan fingerprint density at radius 2 is 2.17 bits per heavy atom. The van der Waals surface area contributed by atoms with E-state index in [1.165, 1.54) is 11.8 Å². The van der Waals surface area contributed by atoms with Crippen LogP contribution in [0.3, 0.4) is 0 Å². The van der Waals surface area contributed by atoms with E-state index in [0.717, 1.165) is 11.5 Å². The maximum atomic E-state index is 12.6. The molecule has 0 radical (unpaired) electrons. The summed E-state index contributed by atoms with van der Waals surface area (Å²) in [5.74, 6) is -1.08. The van der Waals surface area contributed by atoms with Gasteiger partial charge in [0.2, 0.25) is 0 Å². The van der Waals surface area contributed by atoms with E-state index < -0.39 is 27.8 Å². The van der Waals surface area contributed by atoms with Gasteiger partial charge in [-0.2, -0.15) is 4.37 Å². The molecule has 2 rings (SSSR count). The molecule has 24 heavy (non-hydrogen) atoms. The number of nitrogen functional groups attached to an aromatic ring is 1. The number of esters is 1. The number of amides is 1. The number of rotatable bonds is 5. The van der Waals surface area contributed by atoms with Gasteiger partial charge in [0, 0.05) is 12.6 Å². The molecule has 1 aromatic rings. The van der Waals surface area contributed by atoms with Gasteiger partial charge in [0.15, 0.2) is 15.9 Å². The van der Waals surface area contributed by atoms with Crippen LogP contribution < -0.4 is 5.73 Å². The molecule has 1 aliphatic rings. The van der Waals surface area contributed by atoms with Crippen molar-refractivity contribution in [3.8, 4) is 0 Å². The number of likely N-dealkylation sites (N-methyl/N-ethyl adjacent to an activating group) is 1. The summed E-state index contributed by atoms with van der Waals surface area (Å²) in [5.41, 5.74) is 6.33. The van der Waals surface area contributed by atoms with Crippen LogP contribution >= 0.6 is 11.5 Å². The summed E-state index contributed by atoms with van der Waals surface area (Å²) in [6.07, 6.45) is -0.622. The number of aryl methyl sites for hydroxylation is 1. The Morgan fingerprint density at radius 3 is 2.62 bits per heavy atom. The summed E-state index contributed by atoms with van der Waals surface area (Å²) < 4.78 is 32.4. The first-order valence-corrected chi connectivity index (χ1v) is 10.2. The number of hydrogen-bond donors (Lipinski definition) is 1. The van der Waals surface area contributed by atoms with Gasteiger partial charge in [-0.05, 0) is 38.7 Å². The molecule has 1 aromatic heterocycles. The second kappa shape index (κ2) is 7.06. The van der Waals surface area contributed by atoms with Crippen molar-refractivity contribution in [1.82, 2.24) is 9.27 Å². The minimum Gasteiger partial charge on any atom is -0.449 e. The summed E-state index contributed by atoms with van der Waals surface area (Å²) in [6.45, 7) is 5.22. The van der Waals surface area contributed by atoms with Gasteiger partial charge in [-0.1, -0.05) is 0 Å². The van der Waals surface area contributed by atoms with E-state index >= 15 is 0 Å². The highest BCUT2D eigenvalue weighted by atomic mass is 32.2. The fraction of sp³-hybridized carbons (Fsp3) is 0.643. The van der Waals surface area contributed by atoms with Gasteiger partial charge in [-0.15, -0.1) is 0 Å². The van der Waals surface area contributed by atoms with E-state index in [0.29, 0.717) is 18.7 Å². The molecule has 0 saturated carbocycles. The summed E-state index contributed by atoms with van der Waals surface area (Å²) >= 11 is 0.991. The number of anilines is 1. The maximum absolute atomic E-state index is 12.6. The zero-order valence-electron chi connectivity index (χ0n) is 13.8. The van der Waals surface area contributed by atoms with Crippen LogP contribution in [0.5, 0.6) is 0 Å². The molecule has 2 atom stereocenters.